The predicted molar refractivity (Wildman–Crippen MR) is 97.1 cm³/mol. The van der Waals surface area contributed by atoms with Crippen LogP contribution < -0.4 is 10.6 Å². The second kappa shape index (κ2) is 8.07. The zero-order valence-electron chi connectivity index (χ0n) is 15.2. The Morgan fingerprint density at radius 3 is 2.69 bits per heavy atom. The van der Waals surface area contributed by atoms with Crippen LogP contribution in [0.3, 0.4) is 0 Å². The van der Waals surface area contributed by atoms with Gasteiger partial charge in [0, 0.05) is 50.3 Å². The van der Waals surface area contributed by atoms with Crippen molar-refractivity contribution in [3.05, 3.63) is 30.1 Å². The average Bonchev–Trinajstić information content (AvgIpc) is 3.05. The summed E-state index contributed by atoms with van der Waals surface area (Å²) in [7, 11) is 0. The Morgan fingerprint density at radius 2 is 2.00 bits per heavy atom. The maximum atomic E-state index is 12.1. The van der Waals surface area contributed by atoms with Gasteiger partial charge in [0.05, 0.1) is 0 Å². The highest BCUT2D eigenvalue weighted by molar-refractivity contribution is 5.84. The summed E-state index contributed by atoms with van der Waals surface area (Å²) < 4.78 is 1.89. The first-order valence-corrected chi connectivity index (χ1v) is 8.92. The van der Waals surface area contributed by atoms with Crippen LogP contribution in [0.5, 0.6) is 0 Å². The number of aromatic nitrogens is 4. The monoisotopic (exact) mass is 356 g/mol. The normalized spacial score (nSPS) is 15.1. The molecule has 2 heterocycles. The molecule has 1 saturated carbocycles. The summed E-state index contributed by atoms with van der Waals surface area (Å²) in [6, 6.07) is 1.86. The average molecular weight is 356 g/mol. The first-order valence-electron chi connectivity index (χ1n) is 8.92. The van der Waals surface area contributed by atoms with Crippen LogP contribution in [0.15, 0.2) is 18.5 Å². The number of anilines is 1. The molecule has 1 amide bonds. The smallest absolute Gasteiger partial charge is 0.223 e. The van der Waals surface area contributed by atoms with Crippen LogP contribution in [0.1, 0.15) is 37.3 Å². The van der Waals surface area contributed by atoms with Crippen molar-refractivity contribution in [2.75, 3.05) is 18.4 Å². The van der Waals surface area contributed by atoms with Crippen molar-refractivity contribution in [2.45, 2.75) is 39.5 Å². The molecule has 1 fully saturated rings. The van der Waals surface area contributed by atoms with E-state index in [1.807, 2.05) is 30.7 Å². The van der Waals surface area contributed by atoms with Crippen molar-refractivity contribution >= 4 is 17.5 Å². The second-order valence-electron chi connectivity index (χ2n) is 6.53. The van der Waals surface area contributed by atoms with Gasteiger partial charge in [-0.15, -0.1) is 0 Å². The van der Waals surface area contributed by atoms with Gasteiger partial charge in [-0.25, -0.2) is 15.0 Å². The van der Waals surface area contributed by atoms with Gasteiger partial charge in [-0.1, -0.05) is 0 Å². The molecular weight excluding hydrogens is 332 g/mol. The fourth-order valence-electron chi connectivity index (χ4n) is 3.11. The molecule has 2 aromatic heterocycles. The quantitative estimate of drug-likeness (QED) is 0.762. The number of Topliss-reactive ketones (excluding diaryl/α,β-unsaturated/α-hetero) is 1. The summed E-state index contributed by atoms with van der Waals surface area (Å²) in [6.07, 6.45) is 5.96. The molecule has 26 heavy (non-hydrogen) atoms. The molecular formula is C18H24N6O2. The molecule has 0 aliphatic heterocycles. The number of hydrogen-bond acceptors (Lipinski definition) is 6. The third kappa shape index (κ3) is 4.44. The van der Waals surface area contributed by atoms with Gasteiger partial charge in [0.15, 0.2) is 0 Å². The molecule has 0 aromatic carbocycles. The Bertz CT molecular complexity index is 791. The third-order valence-corrected chi connectivity index (χ3v) is 4.54. The number of carbonyl (C=O) groups is 2. The Labute approximate surface area is 152 Å². The molecule has 0 radical (unpaired) electrons. The SMILES string of the molecule is Cc1nc(NCCNC(=O)C2CCC(=O)CC2)cc(-n2ccnc2C)n1. The van der Waals surface area contributed by atoms with Crippen LogP contribution in [-0.4, -0.2) is 44.3 Å². The second-order valence-corrected chi connectivity index (χ2v) is 6.53. The minimum Gasteiger partial charge on any atom is -0.368 e. The van der Waals surface area contributed by atoms with E-state index < -0.39 is 0 Å². The summed E-state index contributed by atoms with van der Waals surface area (Å²) in [5, 5.41) is 6.15. The molecule has 0 spiro atoms. The lowest BCUT2D eigenvalue weighted by Gasteiger charge is -2.20. The zero-order valence-corrected chi connectivity index (χ0v) is 15.2. The van der Waals surface area contributed by atoms with E-state index in [1.165, 1.54) is 0 Å². The maximum Gasteiger partial charge on any atom is 0.223 e. The number of imidazole rings is 1. The number of hydrogen-bond donors (Lipinski definition) is 2. The maximum absolute atomic E-state index is 12.1. The summed E-state index contributed by atoms with van der Waals surface area (Å²) >= 11 is 0. The Morgan fingerprint density at radius 1 is 1.23 bits per heavy atom. The lowest BCUT2D eigenvalue weighted by Crippen LogP contribution is -2.36. The number of ketones is 1. The van der Waals surface area contributed by atoms with E-state index >= 15 is 0 Å². The summed E-state index contributed by atoms with van der Waals surface area (Å²) in [5.74, 6) is 3.24. The van der Waals surface area contributed by atoms with E-state index in [1.54, 1.807) is 6.20 Å². The van der Waals surface area contributed by atoms with Gasteiger partial charge in [-0.2, -0.15) is 0 Å². The van der Waals surface area contributed by atoms with Crippen LogP contribution in [0.25, 0.3) is 5.82 Å². The van der Waals surface area contributed by atoms with E-state index in [2.05, 4.69) is 25.6 Å². The molecule has 1 aliphatic rings. The van der Waals surface area contributed by atoms with E-state index in [0.717, 1.165) is 11.6 Å². The largest absolute Gasteiger partial charge is 0.368 e. The number of nitrogens with one attached hydrogen (secondary N) is 2. The summed E-state index contributed by atoms with van der Waals surface area (Å²) in [5.41, 5.74) is 0. The highest BCUT2D eigenvalue weighted by atomic mass is 16.2. The van der Waals surface area contributed by atoms with Crippen molar-refractivity contribution in [3.8, 4) is 5.82 Å². The zero-order chi connectivity index (χ0) is 18.5. The molecule has 0 bridgehead atoms. The van der Waals surface area contributed by atoms with Gasteiger partial charge in [0.2, 0.25) is 5.91 Å². The highest BCUT2D eigenvalue weighted by Gasteiger charge is 2.24. The minimum absolute atomic E-state index is 0.0351. The van der Waals surface area contributed by atoms with Gasteiger partial charge >= 0.3 is 0 Å². The topological polar surface area (TPSA) is 102 Å². The third-order valence-electron chi connectivity index (χ3n) is 4.54. The number of carbonyl (C=O) groups excluding carboxylic acids is 2. The first-order chi connectivity index (χ1) is 12.5. The van der Waals surface area contributed by atoms with Gasteiger partial charge in [0.1, 0.15) is 29.1 Å². The molecule has 2 N–H and O–H groups in total. The molecule has 0 atom stereocenters. The van der Waals surface area contributed by atoms with E-state index in [-0.39, 0.29) is 17.6 Å². The number of rotatable bonds is 6. The predicted octanol–water partition coefficient (Wildman–Crippen LogP) is 1.57. The molecule has 138 valence electrons. The molecule has 0 unspecified atom stereocenters. The van der Waals surface area contributed by atoms with Gasteiger partial charge in [0.25, 0.3) is 0 Å². The van der Waals surface area contributed by atoms with Gasteiger partial charge < -0.3 is 10.6 Å². The van der Waals surface area contributed by atoms with Crippen LogP contribution in [0.2, 0.25) is 0 Å². The van der Waals surface area contributed by atoms with Crippen LogP contribution in [0.4, 0.5) is 5.82 Å². The number of amides is 1. The fraction of sp³-hybridized carbons (Fsp3) is 0.500. The molecule has 1 aliphatic carbocycles. The molecule has 0 saturated heterocycles. The van der Waals surface area contributed by atoms with E-state index in [9.17, 15) is 9.59 Å². The standard InChI is InChI=1S/C18H24N6O2/c1-12-22-16(11-17(23-12)24-10-9-19-13(24)2)20-7-8-21-18(26)14-3-5-15(25)6-4-14/h9-11,14H,3-8H2,1-2H3,(H,21,26)(H,20,22,23). The van der Waals surface area contributed by atoms with Crippen molar-refractivity contribution in [1.82, 2.24) is 24.8 Å². The van der Waals surface area contributed by atoms with Crippen molar-refractivity contribution in [3.63, 3.8) is 0 Å². The molecule has 8 heteroatoms. The van der Waals surface area contributed by atoms with Crippen molar-refractivity contribution in [1.29, 1.82) is 0 Å². The lowest BCUT2D eigenvalue weighted by atomic mass is 9.88. The van der Waals surface area contributed by atoms with E-state index in [0.29, 0.717) is 50.4 Å². The number of aryl methyl sites for hydroxylation is 2. The lowest BCUT2D eigenvalue weighted by molar-refractivity contribution is -0.128. The number of nitrogens with zero attached hydrogens (tertiary/aromatic N) is 4. The van der Waals surface area contributed by atoms with Crippen molar-refractivity contribution < 1.29 is 9.59 Å². The molecule has 3 rings (SSSR count). The first kappa shape index (κ1) is 18.0. The molecule has 2 aromatic rings. The summed E-state index contributed by atoms with van der Waals surface area (Å²) in [4.78, 5) is 36.4. The minimum atomic E-state index is -0.0372. The van der Waals surface area contributed by atoms with Crippen molar-refractivity contribution in [2.24, 2.45) is 5.92 Å². The Balaban J connectivity index is 1.50. The Kier molecular flexibility index (Phi) is 5.60. The fourth-order valence-corrected chi connectivity index (χ4v) is 3.11. The van der Waals surface area contributed by atoms with Gasteiger partial charge in [-0.3, -0.25) is 14.2 Å². The van der Waals surface area contributed by atoms with Gasteiger partial charge in [-0.05, 0) is 26.7 Å². The van der Waals surface area contributed by atoms with Crippen LogP contribution in [0, 0.1) is 19.8 Å². The summed E-state index contributed by atoms with van der Waals surface area (Å²) in [6.45, 7) is 4.83. The molecule has 8 nitrogen and oxygen atoms in total. The van der Waals surface area contributed by atoms with Crippen LogP contribution >= 0.6 is 0 Å². The highest BCUT2D eigenvalue weighted by Crippen LogP contribution is 2.21. The van der Waals surface area contributed by atoms with Crippen LogP contribution in [-0.2, 0) is 9.59 Å². The van der Waals surface area contributed by atoms with E-state index in [4.69, 9.17) is 0 Å². The Hall–Kier alpha value is -2.77.